The van der Waals surface area contributed by atoms with Crippen LogP contribution in [0, 0.1) is 24.5 Å². The van der Waals surface area contributed by atoms with E-state index in [0.717, 1.165) is 44.0 Å². The van der Waals surface area contributed by atoms with Crippen LogP contribution in [0.5, 0.6) is 0 Å². The lowest BCUT2D eigenvalue weighted by atomic mass is 10.0. The Bertz CT molecular complexity index is 1810. The van der Waals surface area contributed by atoms with E-state index in [9.17, 15) is 19.1 Å². The van der Waals surface area contributed by atoms with E-state index >= 15 is 4.39 Å². The molecule has 2 atom stereocenters. The summed E-state index contributed by atoms with van der Waals surface area (Å²) in [6.07, 6.45) is 5.82. The van der Waals surface area contributed by atoms with Gasteiger partial charge in [0.05, 0.1) is 27.7 Å². The number of aryl methyl sites for hydroxylation is 1. The van der Waals surface area contributed by atoms with Crippen LogP contribution in [0.2, 0.25) is 0 Å². The number of hydrazine groups is 1. The minimum absolute atomic E-state index is 0.136. The van der Waals surface area contributed by atoms with Gasteiger partial charge in [0.1, 0.15) is 17.0 Å². The number of carbonyl (C=O) groups is 2. The average Bonchev–Trinajstić information content (AvgIpc) is 3.69. The van der Waals surface area contributed by atoms with Crippen molar-refractivity contribution in [3.8, 4) is 11.1 Å². The summed E-state index contributed by atoms with van der Waals surface area (Å²) in [5, 5.41) is 14.3. The Hall–Kier alpha value is -4.62. The molecule has 11 nitrogen and oxygen atoms in total. The molecular formula is C30H32F2N8O3. The van der Waals surface area contributed by atoms with Crippen LogP contribution in [0.15, 0.2) is 36.3 Å². The number of carboxylic acid groups (broad SMARTS) is 1. The van der Waals surface area contributed by atoms with E-state index in [0.29, 0.717) is 56.7 Å². The molecule has 0 amide bonds. The van der Waals surface area contributed by atoms with Gasteiger partial charge in [0.2, 0.25) is 0 Å². The van der Waals surface area contributed by atoms with E-state index in [1.807, 2.05) is 13.0 Å². The minimum atomic E-state index is -1.36. The van der Waals surface area contributed by atoms with Crippen molar-refractivity contribution < 1.29 is 23.5 Å². The minimum Gasteiger partial charge on any atom is -0.478 e. The van der Waals surface area contributed by atoms with Crippen molar-refractivity contribution in [1.29, 1.82) is 0 Å². The average molecular weight is 591 g/mol. The second kappa shape index (κ2) is 10.9. The summed E-state index contributed by atoms with van der Waals surface area (Å²) in [4.78, 5) is 39.8. The summed E-state index contributed by atoms with van der Waals surface area (Å²) in [5.41, 5.74) is 6.54. The van der Waals surface area contributed by atoms with Gasteiger partial charge in [-0.05, 0) is 44.5 Å². The molecule has 1 aromatic carbocycles. The standard InChI is InChI=1S/C30H32F2N8O3/c1-15-7-17(9-36-29(15)40(34-3)12-18(14-41)30(42)43)19-10-35-28-24(23-25(32)20(31)8-21(33-2)26(23)37-28)27(19)39-11-16-5-6-38(4)22(16)13-39/h7-10,12,14,16,22,33-34H,5-6,11,13H2,1-4H3,(H,35,37)(H,42,43)/b18-12+/t16-,22+/m0/s1. The number of hydrogen-bond donors (Lipinski definition) is 4. The molecule has 43 heavy (non-hydrogen) atoms. The highest BCUT2D eigenvalue weighted by Crippen LogP contribution is 2.46. The molecule has 0 radical (unpaired) electrons. The summed E-state index contributed by atoms with van der Waals surface area (Å²) in [5.74, 6) is -2.43. The maximum Gasteiger partial charge on any atom is 0.340 e. The molecule has 2 aliphatic heterocycles. The Morgan fingerprint density at radius 2 is 1.98 bits per heavy atom. The first kappa shape index (κ1) is 28.5. The molecule has 0 bridgehead atoms. The Morgan fingerprint density at radius 3 is 2.63 bits per heavy atom. The Balaban J connectivity index is 1.56. The Kier molecular flexibility index (Phi) is 7.22. The molecule has 5 heterocycles. The third-order valence-corrected chi connectivity index (χ3v) is 8.65. The number of likely N-dealkylation sites (N-methyl/N-ethyl adjacent to an activating group) is 1. The first-order valence-corrected chi connectivity index (χ1v) is 14.0. The van der Waals surface area contributed by atoms with Gasteiger partial charge in [-0.3, -0.25) is 9.80 Å². The van der Waals surface area contributed by atoms with Gasteiger partial charge >= 0.3 is 5.97 Å². The number of anilines is 3. The number of carboxylic acids is 1. The fourth-order valence-electron chi connectivity index (χ4n) is 6.51. The van der Waals surface area contributed by atoms with E-state index in [1.54, 1.807) is 26.5 Å². The number of rotatable bonds is 8. The lowest BCUT2D eigenvalue weighted by Crippen LogP contribution is -2.32. The maximum absolute atomic E-state index is 15.6. The summed E-state index contributed by atoms with van der Waals surface area (Å²) in [6.45, 7) is 4.32. The number of benzene rings is 1. The SMILES string of the molecule is CNc1cc(F)c(F)c2c1[nH]c1ncc(-c3cnc(N(/C=C(\C=O)C(=O)O)NC)c(C)c3)c(N3C[C@@H]4CCN(C)[C@@H]4C3)c12. The maximum atomic E-state index is 15.6. The Labute approximate surface area is 246 Å². The Morgan fingerprint density at radius 1 is 1.19 bits per heavy atom. The third-order valence-electron chi connectivity index (χ3n) is 8.65. The molecule has 224 valence electrons. The number of H-pyrrole nitrogens is 1. The number of aromatic nitrogens is 3. The largest absolute Gasteiger partial charge is 0.478 e. The molecule has 6 rings (SSSR count). The number of likely N-dealkylation sites (tertiary alicyclic amines) is 1. The van der Waals surface area contributed by atoms with Crippen molar-refractivity contribution in [3.05, 3.63) is 53.5 Å². The van der Waals surface area contributed by atoms with Crippen LogP contribution in [0.4, 0.5) is 26.0 Å². The van der Waals surface area contributed by atoms with Gasteiger partial charge in [-0.15, -0.1) is 0 Å². The van der Waals surface area contributed by atoms with Crippen molar-refractivity contribution in [2.75, 3.05) is 56.0 Å². The van der Waals surface area contributed by atoms with Crippen LogP contribution in [-0.2, 0) is 9.59 Å². The lowest BCUT2D eigenvalue weighted by molar-refractivity contribution is -0.133. The number of aromatic amines is 1. The van der Waals surface area contributed by atoms with E-state index in [4.69, 9.17) is 0 Å². The van der Waals surface area contributed by atoms with E-state index < -0.39 is 23.2 Å². The van der Waals surface area contributed by atoms with Gasteiger partial charge in [0.25, 0.3) is 0 Å². The quantitative estimate of drug-likeness (QED) is 0.0793. The molecular weight excluding hydrogens is 558 g/mol. The van der Waals surface area contributed by atoms with Crippen LogP contribution in [0.3, 0.4) is 0 Å². The molecule has 2 saturated heterocycles. The summed E-state index contributed by atoms with van der Waals surface area (Å²) >= 11 is 0. The number of aliphatic carboxylic acids is 1. The van der Waals surface area contributed by atoms with Crippen molar-refractivity contribution in [1.82, 2.24) is 25.3 Å². The number of fused-ring (bicyclic) bond motifs is 4. The van der Waals surface area contributed by atoms with Gasteiger partial charge in [0.15, 0.2) is 17.9 Å². The smallest absolute Gasteiger partial charge is 0.340 e. The number of aldehydes is 1. The summed E-state index contributed by atoms with van der Waals surface area (Å²) in [6, 6.07) is 3.36. The van der Waals surface area contributed by atoms with Gasteiger partial charge in [-0.1, -0.05) is 0 Å². The van der Waals surface area contributed by atoms with Gasteiger partial charge in [-0.25, -0.2) is 29.0 Å². The van der Waals surface area contributed by atoms with E-state index in [-0.39, 0.29) is 11.7 Å². The van der Waals surface area contributed by atoms with E-state index in [2.05, 4.69) is 42.5 Å². The number of pyridine rings is 2. The van der Waals surface area contributed by atoms with Crippen LogP contribution < -0.4 is 20.7 Å². The zero-order valence-corrected chi connectivity index (χ0v) is 24.2. The van der Waals surface area contributed by atoms with Gasteiger partial charge in [-0.2, -0.15) is 0 Å². The topological polar surface area (TPSA) is 130 Å². The second-order valence-corrected chi connectivity index (χ2v) is 11.1. The molecule has 2 fully saturated rings. The van der Waals surface area contributed by atoms with Crippen LogP contribution in [0.25, 0.3) is 33.1 Å². The molecule has 2 aliphatic rings. The zero-order valence-electron chi connectivity index (χ0n) is 24.2. The number of halogens is 2. The summed E-state index contributed by atoms with van der Waals surface area (Å²) < 4.78 is 30.5. The fraction of sp³-hybridized carbons (Fsp3) is 0.333. The molecule has 0 saturated carbocycles. The number of hydrogen-bond acceptors (Lipinski definition) is 9. The molecule has 0 unspecified atom stereocenters. The first-order chi connectivity index (χ1) is 20.7. The van der Waals surface area contributed by atoms with Crippen molar-refractivity contribution >= 4 is 51.4 Å². The molecule has 0 spiro atoms. The lowest BCUT2D eigenvalue weighted by Gasteiger charge is -2.26. The second-order valence-electron chi connectivity index (χ2n) is 11.1. The number of nitrogens with zero attached hydrogens (tertiary/aromatic N) is 5. The molecule has 4 N–H and O–H groups in total. The van der Waals surface area contributed by atoms with Gasteiger partial charge < -0.3 is 25.2 Å². The molecule has 13 heteroatoms. The highest BCUT2D eigenvalue weighted by molar-refractivity contribution is 6.18. The van der Waals surface area contributed by atoms with Crippen molar-refractivity contribution in [3.63, 3.8) is 0 Å². The van der Waals surface area contributed by atoms with Crippen LogP contribution in [0.1, 0.15) is 12.0 Å². The summed E-state index contributed by atoms with van der Waals surface area (Å²) in [7, 11) is 5.35. The van der Waals surface area contributed by atoms with Crippen LogP contribution in [-0.4, -0.2) is 84.0 Å². The van der Waals surface area contributed by atoms with Crippen LogP contribution >= 0.6 is 0 Å². The third kappa shape index (κ3) is 4.64. The molecule has 0 aliphatic carbocycles. The van der Waals surface area contributed by atoms with E-state index in [1.165, 1.54) is 5.01 Å². The highest BCUT2D eigenvalue weighted by atomic mass is 19.2. The monoisotopic (exact) mass is 590 g/mol. The predicted molar refractivity (Wildman–Crippen MR) is 161 cm³/mol. The predicted octanol–water partition coefficient (Wildman–Crippen LogP) is 3.65. The van der Waals surface area contributed by atoms with Gasteiger partial charge in [0, 0.05) is 69.0 Å². The number of carbonyl (C=O) groups excluding carboxylic acids is 1. The molecule has 3 aromatic heterocycles. The van der Waals surface area contributed by atoms with Crippen molar-refractivity contribution in [2.45, 2.75) is 19.4 Å². The normalized spacial score (nSPS) is 18.9. The van der Waals surface area contributed by atoms with Crippen molar-refractivity contribution in [2.24, 2.45) is 5.92 Å². The zero-order chi connectivity index (χ0) is 30.6. The highest BCUT2D eigenvalue weighted by Gasteiger charge is 2.41. The first-order valence-electron chi connectivity index (χ1n) is 14.0. The molecule has 4 aromatic rings. The number of nitrogens with one attached hydrogen (secondary N) is 3. The fourth-order valence-corrected chi connectivity index (χ4v) is 6.51.